The van der Waals surface area contributed by atoms with Gasteiger partial charge in [-0.25, -0.2) is 9.37 Å². The highest BCUT2D eigenvalue weighted by Crippen LogP contribution is 2.33. The Morgan fingerprint density at radius 2 is 2.00 bits per heavy atom. The maximum Gasteiger partial charge on any atom is 0.263 e. The second-order valence-electron chi connectivity index (χ2n) is 9.13. The largest absolute Gasteiger partial charge is 0.367 e. The number of carbonyl (C=O) groups excluding carboxylic acids is 3. The van der Waals surface area contributed by atoms with Gasteiger partial charge in [0.15, 0.2) is 5.65 Å². The molecule has 2 aliphatic heterocycles. The number of piperidine rings is 1. The number of halogens is 1. The lowest BCUT2D eigenvalue weighted by Gasteiger charge is -2.28. The highest BCUT2D eigenvalue weighted by atomic mass is 32.1. The maximum absolute atomic E-state index is 13.5. The molecule has 5 heterocycles. The number of amides is 3. The van der Waals surface area contributed by atoms with Gasteiger partial charge in [0.1, 0.15) is 12.0 Å². The average Bonchev–Trinajstić information content (AvgIpc) is 3.23. The van der Waals surface area contributed by atoms with E-state index in [1.54, 1.807) is 27.8 Å². The first-order valence-corrected chi connectivity index (χ1v) is 12.5. The number of rotatable bonds is 5. The van der Waals surface area contributed by atoms with Crippen molar-refractivity contribution in [3.8, 4) is 10.6 Å². The lowest BCUT2D eigenvalue weighted by molar-refractivity contribution is -0.124. The van der Waals surface area contributed by atoms with Crippen LogP contribution in [-0.4, -0.2) is 62.5 Å². The highest BCUT2D eigenvalue weighted by molar-refractivity contribution is 7.17. The number of anilines is 1. The monoisotopic (exact) mass is 494 g/mol. The van der Waals surface area contributed by atoms with Crippen molar-refractivity contribution in [2.75, 3.05) is 18.4 Å². The summed E-state index contributed by atoms with van der Waals surface area (Å²) in [5.74, 6) is -0.0401. The molecule has 0 unspecified atom stereocenters. The lowest BCUT2D eigenvalue weighted by Crippen LogP contribution is -2.38. The Balaban J connectivity index is 1.36. The fourth-order valence-corrected chi connectivity index (χ4v) is 5.29. The zero-order valence-corrected chi connectivity index (χ0v) is 19.6. The van der Waals surface area contributed by atoms with E-state index in [0.717, 1.165) is 23.5 Å². The summed E-state index contributed by atoms with van der Waals surface area (Å²) in [6.45, 7) is 0.855. The molecule has 0 bridgehead atoms. The average molecular weight is 495 g/mol. The molecule has 3 aromatic rings. The SMILES string of the molecule is O=C1C/C(=C\c2cnn3c(NC4CC4)cc(-c4ccc(C(=O)N5CCC(F)CC5)s4)nc23)C(=O)N1. The number of carbonyl (C=O) groups is 3. The standard InChI is InChI=1S/C24H23FN6O3S/c25-15-5-7-30(8-6-15)24(34)19-4-3-18(35-19)17-11-20(27-16-1-2-16)31-22(28-17)14(12-26-31)9-13-10-21(32)29-23(13)33/h3-4,9,11-12,15-16,27H,1-2,5-8,10H2,(H,29,32,33)/b13-9+. The van der Waals surface area contributed by atoms with Gasteiger partial charge in [0.05, 0.1) is 28.1 Å². The van der Waals surface area contributed by atoms with E-state index in [1.807, 2.05) is 12.1 Å². The van der Waals surface area contributed by atoms with Gasteiger partial charge in [-0.1, -0.05) is 0 Å². The van der Waals surface area contributed by atoms with E-state index < -0.39 is 12.1 Å². The fourth-order valence-electron chi connectivity index (χ4n) is 4.35. The van der Waals surface area contributed by atoms with Gasteiger partial charge in [-0.2, -0.15) is 9.61 Å². The van der Waals surface area contributed by atoms with Crippen molar-refractivity contribution in [3.63, 3.8) is 0 Å². The van der Waals surface area contributed by atoms with E-state index in [1.165, 1.54) is 11.3 Å². The third kappa shape index (κ3) is 4.31. The Kier molecular flexibility index (Phi) is 5.36. The summed E-state index contributed by atoms with van der Waals surface area (Å²) >= 11 is 1.35. The van der Waals surface area contributed by atoms with Crippen molar-refractivity contribution < 1.29 is 18.8 Å². The molecule has 0 spiro atoms. The molecule has 0 atom stereocenters. The lowest BCUT2D eigenvalue weighted by atomic mass is 10.1. The van der Waals surface area contributed by atoms with Crippen molar-refractivity contribution in [1.82, 2.24) is 24.8 Å². The second-order valence-corrected chi connectivity index (χ2v) is 10.2. The normalized spacial score (nSPS) is 20.1. The minimum atomic E-state index is -0.834. The van der Waals surface area contributed by atoms with Crippen molar-refractivity contribution in [2.45, 2.75) is 44.3 Å². The molecular weight excluding hydrogens is 471 g/mol. The van der Waals surface area contributed by atoms with Crippen LogP contribution in [0, 0.1) is 0 Å². The quantitative estimate of drug-likeness (QED) is 0.417. The number of aromatic nitrogens is 3. The zero-order valence-electron chi connectivity index (χ0n) is 18.8. The van der Waals surface area contributed by atoms with Crippen LogP contribution < -0.4 is 10.6 Å². The van der Waals surface area contributed by atoms with E-state index in [4.69, 9.17) is 4.98 Å². The smallest absolute Gasteiger partial charge is 0.263 e. The van der Waals surface area contributed by atoms with Crippen LogP contribution in [0.3, 0.4) is 0 Å². The molecule has 3 aliphatic rings. The van der Waals surface area contributed by atoms with Crippen LogP contribution in [-0.2, 0) is 9.59 Å². The molecule has 2 saturated heterocycles. The summed E-state index contributed by atoms with van der Waals surface area (Å²) in [5.41, 5.74) is 2.23. The molecule has 0 radical (unpaired) electrons. The van der Waals surface area contributed by atoms with E-state index in [9.17, 15) is 18.8 Å². The predicted octanol–water partition coefficient (Wildman–Crippen LogP) is 3.04. The van der Waals surface area contributed by atoms with Crippen LogP contribution in [0.5, 0.6) is 0 Å². The number of imide groups is 1. The van der Waals surface area contributed by atoms with Gasteiger partial charge in [-0.05, 0) is 43.9 Å². The van der Waals surface area contributed by atoms with Gasteiger partial charge in [0.25, 0.3) is 11.8 Å². The summed E-state index contributed by atoms with van der Waals surface area (Å²) in [7, 11) is 0. The number of alkyl halides is 1. The molecule has 0 aromatic carbocycles. The number of nitrogens with zero attached hydrogens (tertiary/aromatic N) is 4. The number of fused-ring (bicyclic) bond motifs is 1. The van der Waals surface area contributed by atoms with Crippen LogP contribution >= 0.6 is 11.3 Å². The van der Waals surface area contributed by atoms with Crippen molar-refractivity contribution >= 4 is 46.6 Å². The maximum atomic E-state index is 13.5. The second kappa shape index (κ2) is 8.56. The van der Waals surface area contributed by atoms with Crippen LogP contribution in [0.25, 0.3) is 22.3 Å². The molecule has 35 heavy (non-hydrogen) atoms. The molecule has 3 aromatic heterocycles. The number of thiophene rings is 1. The fraction of sp³-hybridized carbons (Fsp3) is 0.375. The third-order valence-electron chi connectivity index (χ3n) is 6.43. The van der Waals surface area contributed by atoms with Crippen LogP contribution in [0.2, 0.25) is 0 Å². The van der Waals surface area contributed by atoms with Crippen LogP contribution in [0.1, 0.15) is 47.3 Å². The first-order valence-electron chi connectivity index (χ1n) is 11.7. The highest BCUT2D eigenvalue weighted by Gasteiger charge is 2.27. The number of likely N-dealkylation sites (tertiary alicyclic amines) is 1. The summed E-state index contributed by atoms with van der Waals surface area (Å²) in [6.07, 6.45) is 5.38. The van der Waals surface area contributed by atoms with Gasteiger partial charge < -0.3 is 10.2 Å². The Morgan fingerprint density at radius 3 is 2.71 bits per heavy atom. The van der Waals surface area contributed by atoms with Gasteiger partial charge in [-0.3, -0.25) is 19.7 Å². The molecule has 180 valence electrons. The van der Waals surface area contributed by atoms with Crippen molar-refractivity contribution in [3.05, 3.63) is 40.4 Å². The van der Waals surface area contributed by atoms with Crippen molar-refractivity contribution in [1.29, 1.82) is 0 Å². The molecule has 1 saturated carbocycles. The Bertz CT molecular complexity index is 1380. The van der Waals surface area contributed by atoms with E-state index in [0.29, 0.717) is 59.3 Å². The van der Waals surface area contributed by atoms with Gasteiger partial charge in [-0.15, -0.1) is 11.3 Å². The van der Waals surface area contributed by atoms with Crippen molar-refractivity contribution in [2.24, 2.45) is 0 Å². The summed E-state index contributed by atoms with van der Waals surface area (Å²) in [6, 6.07) is 5.95. The van der Waals surface area contributed by atoms with E-state index >= 15 is 0 Å². The van der Waals surface area contributed by atoms with Gasteiger partial charge >= 0.3 is 0 Å². The first kappa shape index (κ1) is 21.9. The minimum Gasteiger partial charge on any atom is -0.367 e. The first-order chi connectivity index (χ1) is 16.9. The Labute approximate surface area is 204 Å². The molecule has 2 N–H and O–H groups in total. The van der Waals surface area contributed by atoms with E-state index in [-0.39, 0.29) is 18.2 Å². The third-order valence-corrected chi connectivity index (χ3v) is 7.53. The molecule has 6 rings (SSSR count). The minimum absolute atomic E-state index is 0.0269. The summed E-state index contributed by atoms with van der Waals surface area (Å²) < 4.78 is 15.2. The molecule has 11 heteroatoms. The number of hydrogen-bond acceptors (Lipinski definition) is 7. The van der Waals surface area contributed by atoms with Crippen LogP contribution in [0.15, 0.2) is 30.0 Å². The summed E-state index contributed by atoms with van der Waals surface area (Å²) in [5, 5.41) is 10.2. The molecule has 3 fully saturated rings. The van der Waals surface area contributed by atoms with Gasteiger partial charge in [0.2, 0.25) is 5.91 Å². The topological polar surface area (TPSA) is 109 Å². The zero-order chi connectivity index (χ0) is 24.1. The number of hydrogen-bond donors (Lipinski definition) is 2. The summed E-state index contributed by atoms with van der Waals surface area (Å²) in [4.78, 5) is 44.5. The molecule has 3 amide bonds. The molecule has 9 nitrogen and oxygen atoms in total. The predicted molar refractivity (Wildman–Crippen MR) is 129 cm³/mol. The van der Waals surface area contributed by atoms with Gasteiger partial charge in [0, 0.05) is 36.3 Å². The van der Waals surface area contributed by atoms with E-state index in [2.05, 4.69) is 15.7 Å². The molecule has 1 aliphatic carbocycles. The Morgan fingerprint density at radius 1 is 1.20 bits per heavy atom. The molecular formula is C24H23FN6O3S. The van der Waals surface area contributed by atoms with Crippen LogP contribution in [0.4, 0.5) is 10.2 Å². The number of nitrogens with one attached hydrogen (secondary N) is 2. The Hall–Kier alpha value is -3.60.